The molecule has 1 aromatic rings. The number of nitrogens with two attached hydrogens (primary N) is 1. The summed E-state index contributed by atoms with van der Waals surface area (Å²) in [7, 11) is 0. The van der Waals surface area contributed by atoms with E-state index < -0.39 is 0 Å². The molecule has 0 amide bonds. The largest absolute Gasteiger partial charge is 0.493 e. The average molecular weight is 220 g/mol. The van der Waals surface area contributed by atoms with Gasteiger partial charge in [-0.25, -0.2) is 0 Å². The number of hydrogen-bond donors (Lipinski definition) is 2. The lowest BCUT2D eigenvalue weighted by Crippen LogP contribution is -2.32. The van der Waals surface area contributed by atoms with Crippen molar-refractivity contribution in [1.82, 2.24) is 5.32 Å². The van der Waals surface area contributed by atoms with Gasteiger partial charge in [-0.2, -0.15) is 0 Å². The lowest BCUT2D eigenvalue weighted by molar-refractivity contribution is 0.357. The standard InChI is InChI=1S/C13H20N2O/c1-10(14)9-15-6-4-11-2-3-13-12(8-11)5-7-16-13/h2-3,8,10,15H,4-7,9,14H2,1H3. The lowest BCUT2D eigenvalue weighted by Gasteiger charge is -2.08. The second kappa shape index (κ2) is 5.32. The van der Waals surface area contributed by atoms with Crippen LogP contribution >= 0.6 is 0 Å². The van der Waals surface area contributed by atoms with E-state index in [4.69, 9.17) is 10.5 Å². The molecule has 0 saturated heterocycles. The van der Waals surface area contributed by atoms with Gasteiger partial charge in [-0.1, -0.05) is 12.1 Å². The van der Waals surface area contributed by atoms with Gasteiger partial charge in [0.05, 0.1) is 6.61 Å². The molecule has 0 spiro atoms. The van der Waals surface area contributed by atoms with Crippen LogP contribution in [-0.4, -0.2) is 25.7 Å². The maximum atomic E-state index is 5.67. The van der Waals surface area contributed by atoms with E-state index in [1.165, 1.54) is 11.1 Å². The summed E-state index contributed by atoms with van der Waals surface area (Å²) < 4.78 is 5.48. The van der Waals surface area contributed by atoms with Gasteiger partial charge in [-0.15, -0.1) is 0 Å². The van der Waals surface area contributed by atoms with Gasteiger partial charge in [-0.3, -0.25) is 0 Å². The van der Waals surface area contributed by atoms with Crippen molar-refractivity contribution in [2.45, 2.75) is 25.8 Å². The summed E-state index contributed by atoms with van der Waals surface area (Å²) in [6, 6.07) is 6.73. The molecule has 0 bridgehead atoms. The molecule has 2 rings (SSSR count). The van der Waals surface area contributed by atoms with Gasteiger partial charge in [0.25, 0.3) is 0 Å². The Morgan fingerprint density at radius 2 is 2.38 bits per heavy atom. The zero-order chi connectivity index (χ0) is 11.4. The van der Waals surface area contributed by atoms with Crippen LogP contribution < -0.4 is 15.8 Å². The van der Waals surface area contributed by atoms with Crippen molar-refractivity contribution in [2.75, 3.05) is 19.7 Å². The maximum Gasteiger partial charge on any atom is 0.122 e. The van der Waals surface area contributed by atoms with E-state index >= 15 is 0 Å². The molecular weight excluding hydrogens is 200 g/mol. The van der Waals surface area contributed by atoms with Crippen molar-refractivity contribution in [1.29, 1.82) is 0 Å². The molecule has 1 aliphatic rings. The molecule has 1 aliphatic heterocycles. The van der Waals surface area contributed by atoms with Crippen molar-refractivity contribution in [3.63, 3.8) is 0 Å². The predicted octanol–water partition coefficient (Wildman–Crippen LogP) is 1.10. The molecule has 3 heteroatoms. The van der Waals surface area contributed by atoms with Crippen LogP contribution in [0.2, 0.25) is 0 Å². The van der Waals surface area contributed by atoms with E-state index in [0.29, 0.717) is 0 Å². The first-order valence-electron chi connectivity index (χ1n) is 5.96. The van der Waals surface area contributed by atoms with Crippen LogP contribution in [-0.2, 0) is 12.8 Å². The van der Waals surface area contributed by atoms with Crippen LogP contribution in [0.3, 0.4) is 0 Å². The minimum Gasteiger partial charge on any atom is -0.493 e. The molecule has 0 fully saturated rings. The van der Waals surface area contributed by atoms with Gasteiger partial charge in [-0.05, 0) is 37.1 Å². The minimum atomic E-state index is 0.230. The number of benzene rings is 1. The Morgan fingerprint density at radius 3 is 3.19 bits per heavy atom. The van der Waals surface area contributed by atoms with E-state index in [2.05, 4.69) is 23.5 Å². The highest BCUT2D eigenvalue weighted by atomic mass is 16.5. The fourth-order valence-electron chi connectivity index (χ4n) is 1.96. The van der Waals surface area contributed by atoms with Crippen molar-refractivity contribution >= 4 is 0 Å². The third-order valence-electron chi connectivity index (χ3n) is 2.81. The van der Waals surface area contributed by atoms with Gasteiger partial charge in [0.1, 0.15) is 5.75 Å². The Kier molecular flexibility index (Phi) is 3.80. The van der Waals surface area contributed by atoms with E-state index in [-0.39, 0.29) is 6.04 Å². The second-order valence-electron chi connectivity index (χ2n) is 4.47. The smallest absolute Gasteiger partial charge is 0.122 e. The second-order valence-corrected chi connectivity index (χ2v) is 4.47. The summed E-state index contributed by atoms with van der Waals surface area (Å²) in [5.74, 6) is 1.06. The average Bonchev–Trinajstić information content (AvgIpc) is 2.71. The van der Waals surface area contributed by atoms with Crippen molar-refractivity contribution < 1.29 is 4.74 Å². The number of ether oxygens (including phenoxy) is 1. The zero-order valence-corrected chi connectivity index (χ0v) is 9.83. The van der Waals surface area contributed by atoms with Gasteiger partial charge in [0, 0.05) is 19.0 Å². The van der Waals surface area contributed by atoms with Gasteiger partial charge in [0.2, 0.25) is 0 Å². The lowest BCUT2D eigenvalue weighted by atomic mass is 10.1. The van der Waals surface area contributed by atoms with Crippen LogP contribution in [0.25, 0.3) is 0 Å². The molecule has 88 valence electrons. The summed E-state index contributed by atoms with van der Waals surface area (Å²) in [6.45, 7) is 4.72. The van der Waals surface area contributed by atoms with Crippen molar-refractivity contribution in [3.05, 3.63) is 29.3 Å². The third kappa shape index (κ3) is 2.97. The van der Waals surface area contributed by atoms with Gasteiger partial charge >= 0.3 is 0 Å². The molecule has 1 aromatic carbocycles. The summed E-state index contributed by atoms with van der Waals surface area (Å²) in [6.07, 6.45) is 2.11. The molecule has 3 N–H and O–H groups in total. The Hall–Kier alpha value is -1.06. The van der Waals surface area contributed by atoms with E-state index in [9.17, 15) is 0 Å². The molecule has 0 radical (unpaired) electrons. The summed E-state index contributed by atoms with van der Waals surface area (Å²) >= 11 is 0. The van der Waals surface area contributed by atoms with Crippen molar-refractivity contribution in [2.24, 2.45) is 5.73 Å². The molecule has 1 atom stereocenters. The Balaban J connectivity index is 1.81. The topological polar surface area (TPSA) is 47.3 Å². The van der Waals surface area contributed by atoms with E-state index in [1.54, 1.807) is 0 Å². The Bertz CT molecular complexity index is 350. The molecular formula is C13H20N2O. The van der Waals surface area contributed by atoms with Crippen LogP contribution in [0, 0.1) is 0 Å². The SMILES string of the molecule is CC(N)CNCCc1ccc2c(c1)CCO2. The fourth-order valence-corrected chi connectivity index (χ4v) is 1.96. The molecule has 0 aliphatic carbocycles. The minimum absolute atomic E-state index is 0.230. The van der Waals surface area contributed by atoms with Gasteiger partial charge < -0.3 is 15.8 Å². The molecule has 0 saturated carbocycles. The third-order valence-corrected chi connectivity index (χ3v) is 2.81. The quantitative estimate of drug-likeness (QED) is 0.731. The highest BCUT2D eigenvalue weighted by Crippen LogP contribution is 2.25. The Morgan fingerprint density at radius 1 is 1.50 bits per heavy atom. The highest BCUT2D eigenvalue weighted by Gasteiger charge is 2.11. The van der Waals surface area contributed by atoms with Crippen LogP contribution in [0.1, 0.15) is 18.1 Å². The normalized spacial score (nSPS) is 15.6. The highest BCUT2D eigenvalue weighted by molar-refractivity contribution is 5.39. The van der Waals surface area contributed by atoms with E-state index in [1.807, 2.05) is 6.92 Å². The number of fused-ring (bicyclic) bond motifs is 1. The predicted molar refractivity (Wildman–Crippen MR) is 65.9 cm³/mol. The summed E-state index contributed by atoms with van der Waals surface area (Å²) in [4.78, 5) is 0. The number of rotatable bonds is 5. The van der Waals surface area contributed by atoms with Crippen LogP contribution in [0.4, 0.5) is 0 Å². The summed E-state index contributed by atoms with van der Waals surface area (Å²) in [5, 5.41) is 3.34. The summed E-state index contributed by atoms with van der Waals surface area (Å²) in [5.41, 5.74) is 8.39. The monoisotopic (exact) mass is 220 g/mol. The molecule has 1 heterocycles. The zero-order valence-electron chi connectivity index (χ0n) is 9.83. The van der Waals surface area contributed by atoms with Crippen LogP contribution in [0.5, 0.6) is 5.75 Å². The molecule has 3 nitrogen and oxygen atoms in total. The fraction of sp³-hybridized carbons (Fsp3) is 0.538. The van der Waals surface area contributed by atoms with E-state index in [0.717, 1.165) is 38.3 Å². The van der Waals surface area contributed by atoms with Gasteiger partial charge in [0.15, 0.2) is 0 Å². The molecule has 0 aromatic heterocycles. The van der Waals surface area contributed by atoms with Crippen LogP contribution in [0.15, 0.2) is 18.2 Å². The first-order valence-corrected chi connectivity index (χ1v) is 5.96. The Labute approximate surface area is 97.0 Å². The molecule has 1 unspecified atom stereocenters. The number of hydrogen-bond acceptors (Lipinski definition) is 3. The first-order chi connectivity index (χ1) is 7.75. The molecule has 16 heavy (non-hydrogen) atoms. The van der Waals surface area contributed by atoms with Crippen molar-refractivity contribution in [3.8, 4) is 5.75 Å². The maximum absolute atomic E-state index is 5.67. The number of nitrogens with one attached hydrogen (secondary N) is 1. The first kappa shape index (κ1) is 11.4.